The first-order chi connectivity index (χ1) is 10.3. The van der Waals surface area contributed by atoms with Crippen molar-refractivity contribution in [3.63, 3.8) is 0 Å². The maximum atomic E-state index is 12.6. The van der Waals surface area contributed by atoms with Gasteiger partial charge in [0.25, 0.3) is 0 Å². The van der Waals surface area contributed by atoms with Crippen LogP contribution in [0.5, 0.6) is 0 Å². The number of aryl methyl sites for hydroxylation is 2. The summed E-state index contributed by atoms with van der Waals surface area (Å²) in [6.45, 7) is 1.04. The van der Waals surface area contributed by atoms with Gasteiger partial charge in [-0.3, -0.25) is 9.59 Å². The number of sulfonamides is 1. The van der Waals surface area contributed by atoms with E-state index in [1.165, 1.54) is 39.7 Å². The van der Waals surface area contributed by atoms with Crippen LogP contribution in [-0.2, 0) is 24.1 Å². The second-order valence-electron chi connectivity index (χ2n) is 5.49. The van der Waals surface area contributed by atoms with Gasteiger partial charge in [-0.1, -0.05) is 0 Å². The van der Waals surface area contributed by atoms with Gasteiger partial charge in [-0.2, -0.15) is 4.31 Å². The lowest BCUT2D eigenvalue weighted by Crippen LogP contribution is -2.39. The predicted molar refractivity (Wildman–Crippen MR) is 82.4 cm³/mol. The van der Waals surface area contributed by atoms with Gasteiger partial charge in [-0.15, -0.1) is 0 Å². The Balaban J connectivity index is 2.27. The Labute approximate surface area is 127 Å². The molecule has 0 saturated carbocycles. The summed E-state index contributed by atoms with van der Waals surface area (Å²) in [6, 6.07) is 4.52. The molecule has 1 fully saturated rings. The van der Waals surface area contributed by atoms with E-state index < -0.39 is 21.1 Å². The van der Waals surface area contributed by atoms with Gasteiger partial charge >= 0.3 is 11.1 Å². The van der Waals surface area contributed by atoms with Crippen molar-refractivity contribution >= 4 is 21.1 Å². The molecule has 1 aromatic heterocycles. The number of aromatic nitrogens is 2. The summed E-state index contributed by atoms with van der Waals surface area (Å²) in [5.41, 5.74) is -0.365. The summed E-state index contributed by atoms with van der Waals surface area (Å²) in [7, 11) is -0.581. The van der Waals surface area contributed by atoms with Crippen molar-refractivity contribution in [3.05, 3.63) is 38.9 Å². The van der Waals surface area contributed by atoms with Crippen molar-refractivity contribution in [1.82, 2.24) is 13.4 Å². The first-order valence-corrected chi connectivity index (χ1v) is 8.48. The van der Waals surface area contributed by atoms with E-state index in [2.05, 4.69) is 0 Å². The molecule has 3 rings (SSSR count). The van der Waals surface area contributed by atoms with Crippen LogP contribution in [0.2, 0.25) is 0 Å². The lowest BCUT2D eigenvalue weighted by molar-refractivity contribution is 0.477. The van der Waals surface area contributed by atoms with Crippen molar-refractivity contribution in [1.29, 1.82) is 0 Å². The maximum absolute atomic E-state index is 12.6. The van der Waals surface area contributed by atoms with Crippen molar-refractivity contribution in [3.8, 4) is 0 Å². The molecule has 0 bridgehead atoms. The molecule has 8 heteroatoms. The quantitative estimate of drug-likeness (QED) is 0.730. The number of nitrogens with zero attached hydrogens (tertiary/aromatic N) is 3. The Kier molecular flexibility index (Phi) is 3.45. The monoisotopic (exact) mass is 323 g/mol. The van der Waals surface area contributed by atoms with E-state index in [0.29, 0.717) is 24.1 Å². The van der Waals surface area contributed by atoms with E-state index in [1.807, 2.05) is 0 Å². The Morgan fingerprint density at radius 3 is 2.05 bits per heavy atom. The fraction of sp³-hybridized carbons (Fsp3) is 0.429. The van der Waals surface area contributed by atoms with E-state index in [1.54, 1.807) is 6.07 Å². The first kappa shape index (κ1) is 15.0. The topological polar surface area (TPSA) is 81.4 Å². The van der Waals surface area contributed by atoms with Gasteiger partial charge in [0.1, 0.15) is 0 Å². The highest BCUT2D eigenvalue weighted by Crippen LogP contribution is 2.23. The van der Waals surface area contributed by atoms with Gasteiger partial charge < -0.3 is 9.13 Å². The summed E-state index contributed by atoms with van der Waals surface area (Å²) < 4.78 is 29.1. The van der Waals surface area contributed by atoms with Gasteiger partial charge in [0, 0.05) is 27.2 Å². The fourth-order valence-corrected chi connectivity index (χ4v) is 4.34. The molecule has 118 valence electrons. The molecule has 2 heterocycles. The molecule has 7 nitrogen and oxygen atoms in total. The van der Waals surface area contributed by atoms with Crippen molar-refractivity contribution < 1.29 is 8.42 Å². The molecule has 1 aromatic carbocycles. The second-order valence-corrected chi connectivity index (χ2v) is 7.43. The molecule has 0 unspecified atom stereocenters. The third-order valence-electron chi connectivity index (χ3n) is 4.16. The van der Waals surface area contributed by atoms with E-state index in [4.69, 9.17) is 0 Å². The van der Waals surface area contributed by atoms with Crippen molar-refractivity contribution in [2.45, 2.75) is 17.7 Å². The van der Waals surface area contributed by atoms with E-state index in [9.17, 15) is 18.0 Å². The average molecular weight is 323 g/mol. The van der Waals surface area contributed by atoms with Crippen LogP contribution in [0.1, 0.15) is 12.8 Å². The van der Waals surface area contributed by atoms with E-state index in [-0.39, 0.29) is 4.90 Å². The molecule has 1 saturated heterocycles. The molecule has 1 aliphatic heterocycles. The lowest BCUT2D eigenvalue weighted by atomic mass is 10.3. The van der Waals surface area contributed by atoms with Gasteiger partial charge in [0.05, 0.1) is 15.9 Å². The smallest absolute Gasteiger partial charge is 0.305 e. The number of hydrogen-bond donors (Lipinski definition) is 0. The molecular weight excluding hydrogens is 306 g/mol. The molecule has 0 N–H and O–H groups in total. The molecule has 0 atom stereocenters. The SMILES string of the molecule is Cn1c(=O)c(=O)n(C)c2cc(S(=O)(=O)N3CCCC3)ccc21. The first-order valence-electron chi connectivity index (χ1n) is 7.04. The third kappa shape index (κ3) is 2.10. The van der Waals surface area contributed by atoms with E-state index >= 15 is 0 Å². The van der Waals surface area contributed by atoms with Crippen LogP contribution < -0.4 is 11.1 Å². The Morgan fingerprint density at radius 1 is 0.909 bits per heavy atom. The van der Waals surface area contributed by atoms with Gasteiger partial charge in [0.15, 0.2) is 0 Å². The zero-order chi connectivity index (χ0) is 16.1. The molecule has 0 aliphatic carbocycles. The zero-order valence-electron chi connectivity index (χ0n) is 12.4. The van der Waals surface area contributed by atoms with Crippen molar-refractivity contribution in [2.24, 2.45) is 14.1 Å². The highest BCUT2D eigenvalue weighted by molar-refractivity contribution is 7.89. The molecule has 0 spiro atoms. The van der Waals surface area contributed by atoms with Crippen molar-refractivity contribution in [2.75, 3.05) is 13.1 Å². The summed E-state index contributed by atoms with van der Waals surface area (Å²) in [6.07, 6.45) is 1.72. The van der Waals surface area contributed by atoms with Gasteiger partial charge in [0.2, 0.25) is 10.0 Å². The number of rotatable bonds is 2. The van der Waals surface area contributed by atoms with Crippen LogP contribution in [0, 0.1) is 0 Å². The van der Waals surface area contributed by atoms with Crippen LogP contribution in [-0.4, -0.2) is 34.9 Å². The summed E-state index contributed by atoms with van der Waals surface area (Å²) in [5, 5.41) is 0. The van der Waals surface area contributed by atoms with Crippen LogP contribution in [0.4, 0.5) is 0 Å². The van der Waals surface area contributed by atoms with Gasteiger partial charge in [-0.25, -0.2) is 8.42 Å². The largest absolute Gasteiger partial charge is 0.316 e. The molecule has 2 aromatic rings. The summed E-state index contributed by atoms with van der Waals surface area (Å²) >= 11 is 0. The standard InChI is InChI=1S/C14H17N3O4S/c1-15-11-6-5-10(22(20,21)17-7-3-4-8-17)9-12(11)16(2)14(19)13(15)18/h5-6,9H,3-4,7-8H2,1-2H3. The molecule has 0 amide bonds. The average Bonchev–Trinajstić information content (AvgIpc) is 3.05. The minimum Gasteiger partial charge on any atom is -0.305 e. The minimum absolute atomic E-state index is 0.149. The summed E-state index contributed by atoms with van der Waals surface area (Å²) in [4.78, 5) is 23.8. The normalized spacial score (nSPS) is 16.5. The lowest BCUT2D eigenvalue weighted by Gasteiger charge is -2.16. The maximum Gasteiger partial charge on any atom is 0.316 e. The summed E-state index contributed by atoms with van der Waals surface area (Å²) in [5.74, 6) is 0. The molecule has 1 aliphatic rings. The Bertz CT molecular complexity index is 966. The highest BCUT2D eigenvalue weighted by atomic mass is 32.2. The highest BCUT2D eigenvalue weighted by Gasteiger charge is 2.27. The minimum atomic E-state index is -3.55. The fourth-order valence-electron chi connectivity index (χ4n) is 2.80. The number of benzene rings is 1. The van der Waals surface area contributed by atoms with Crippen LogP contribution in [0.25, 0.3) is 11.0 Å². The van der Waals surface area contributed by atoms with Crippen LogP contribution in [0.3, 0.4) is 0 Å². The number of fused-ring (bicyclic) bond motifs is 1. The molecule has 0 radical (unpaired) electrons. The van der Waals surface area contributed by atoms with Crippen LogP contribution >= 0.6 is 0 Å². The van der Waals surface area contributed by atoms with Crippen LogP contribution in [0.15, 0.2) is 32.7 Å². The van der Waals surface area contributed by atoms with Gasteiger partial charge in [-0.05, 0) is 31.0 Å². The second kappa shape index (κ2) is 5.06. The Hall–Kier alpha value is -1.93. The number of hydrogen-bond acceptors (Lipinski definition) is 4. The third-order valence-corrected chi connectivity index (χ3v) is 6.06. The van der Waals surface area contributed by atoms with E-state index in [0.717, 1.165) is 12.8 Å². The molecular formula is C14H17N3O4S. The Morgan fingerprint density at radius 2 is 1.45 bits per heavy atom. The predicted octanol–water partition coefficient (Wildman–Crippen LogP) is 0.0217. The zero-order valence-corrected chi connectivity index (χ0v) is 13.3. The molecule has 22 heavy (non-hydrogen) atoms.